The van der Waals surface area contributed by atoms with E-state index in [9.17, 15) is 9.59 Å². The molecule has 1 aliphatic heterocycles. The highest BCUT2D eigenvalue weighted by atomic mass is 16.4. The third-order valence-electron chi connectivity index (χ3n) is 3.31. The predicted molar refractivity (Wildman–Crippen MR) is 64.7 cm³/mol. The van der Waals surface area contributed by atoms with Crippen molar-refractivity contribution < 1.29 is 14.7 Å². The second-order valence-corrected chi connectivity index (χ2v) is 4.56. The number of amides is 1. The lowest BCUT2D eigenvalue weighted by molar-refractivity contribution is -0.140. The summed E-state index contributed by atoms with van der Waals surface area (Å²) in [7, 11) is 0. The first-order valence-corrected chi connectivity index (χ1v) is 6.31. The summed E-state index contributed by atoms with van der Waals surface area (Å²) in [5, 5.41) is 11.7. The monoisotopic (exact) mass is 242 g/mol. The lowest BCUT2D eigenvalue weighted by Crippen LogP contribution is -2.52. The molecule has 1 saturated heterocycles. The molecular weight excluding hydrogens is 220 g/mol. The lowest BCUT2D eigenvalue weighted by atomic mass is 9.97. The summed E-state index contributed by atoms with van der Waals surface area (Å²) in [6.45, 7) is 5.16. The molecule has 1 aliphatic rings. The van der Waals surface area contributed by atoms with E-state index in [1.807, 2.05) is 18.7 Å². The van der Waals surface area contributed by atoms with E-state index in [1.54, 1.807) is 0 Å². The summed E-state index contributed by atoms with van der Waals surface area (Å²) in [4.78, 5) is 24.6. The van der Waals surface area contributed by atoms with Gasteiger partial charge in [-0.15, -0.1) is 0 Å². The molecule has 0 aliphatic carbocycles. The van der Waals surface area contributed by atoms with Gasteiger partial charge in [0.05, 0.1) is 12.5 Å². The number of nitrogens with one attached hydrogen (secondary N) is 1. The van der Waals surface area contributed by atoms with E-state index in [0.717, 1.165) is 25.8 Å². The first-order chi connectivity index (χ1) is 8.06. The zero-order valence-electron chi connectivity index (χ0n) is 10.6. The van der Waals surface area contributed by atoms with Crippen LogP contribution >= 0.6 is 0 Å². The number of piperidine rings is 1. The molecule has 1 fully saturated rings. The Morgan fingerprint density at radius 1 is 1.47 bits per heavy atom. The van der Waals surface area contributed by atoms with Crippen molar-refractivity contribution in [3.8, 4) is 0 Å². The van der Waals surface area contributed by atoms with Gasteiger partial charge in [0.25, 0.3) is 0 Å². The van der Waals surface area contributed by atoms with Crippen LogP contribution in [-0.2, 0) is 9.59 Å². The summed E-state index contributed by atoms with van der Waals surface area (Å²) in [5.41, 5.74) is 0. The second-order valence-electron chi connectivity index (χ2n) is 4.56. The van der Waals surface area contributed by atoms with Gasteiger partial charge in [-0.2, -0.15) is 0 Å². The van der Waals surface area contributed by atoms with Crippen molar-refractivity contribution in [3.05, 3.63) is 0 Å². The van der Waals surface area contributed by atoms with Gasteiger partial charge in [-0.3, -0.25) is 14.5 Å². The largest absolute Gasteiger partial charge is 0.481 e. The molecule has 98 valence electrons. The maximum atomic E-state index is 11.8. The van der Waals surface area contributed by atoms with E-state index >= 15 is 0 Å². The summed E-state index contributed by atoms with van der Waals surface area (Å²) in [6.07, 6.45) is 3.09. The molecule has 0 aromatic rings. The number of rotatable bonds is 5. The highest BCUT2D eigenvalue weighted by Gasteiger charge is 2.31. The van der Waals surface area contributed by atoms with Crippen molar-refractivity contribution in [1.82, 2.24) is 10.2 Å². The topological polar surface area (TPSA) is 69.6 Å². The minimum atomic E-state index is -0.787. The lowest BCUT2D eigenvalue weighted by Gasteiger charge is -2.38. The Morgan fingerprint density at radius 3 is 2.76 bits per heavy atom. The van der Waals surface area contributed by atoms with Gasteiger partial charge in [0.15, 0.2) is 0 Å². The average molecular weight is 242 g/mol. The van der Waals surface area contributed by atoms with Crippen LogP contribution in [0.1, 0.15) is 39.5 Å². The molecule has 17 heavy (non-hydrogen) atoms. The van der Waals surface area contributed by atoms with Gasteiger partial charge in [-0.1, -0.05) is 6.42 Å². The maximum Gasteiger partial charge on any atom is 0.304 e. The number of aliphatic carboxylic acids is 1. The SMILES string of the molecule is CCNC(=O)C(C)N1CCCCC1CC(=O)O. The van der Waals surface area contributed by atoms with Crippen LogP contribution in [0.15, 0.2) is 0 Å². The van der Waals surface area contributed by atoms with E-state index < -0.39 is 5.97 Å². The van der Waals surface area contributed by atoms with E-state index in [-0.39, 0.29) is 24.4 Å². The molecule has 0 spiro atoms. The molecule has 2 N–H and O–H groups in total. The standard InChI is InChI=1S/C12H22N2O3/c1-3-13-12(17)9(2)14-7-5-4-6-10(14)8-11(15)16/h9-10H,3-8H2,1-2H3,(H,13,17)(H,15,16). The van der Waals surface area contributed by atoms with Crippen molar-refractivity contribution in [2.45, 2.75) is 51.6 Å². The fourth-order valence-electron chi connectivity index (χ4n) is 2.43. The fourth-order valence-corrected chi connectivity index (χ4v) is 2.43. The number of likely N-dealkylation sites (tertiary alicyclic amines) is 1. The highest BCUT2D eigenvalue weighted by Crippen LogP contribution is 2.22. The molecule has 0 bridgehead atoms. The molecule has 5 nitrogen and oxygen atoms in total. The molecule has 0 aromatic heterocycles. The third-order valence-corrected chi connectivity index (χ3v) is 3.31. The summed E-state index contributed by atoms with van der Waals surface area (Å²) >= 11 is 0. The molecule has 5 heteroatoms. The van der Waals surface area contributed by atoms with Crippen molar-refractivity contribution in [2.75, 3.05) is 13.1 Å². The highest BCUT2D eigenvalue weighted by molar-refractivity contribution is 5.81. The van der Waals surface area contributed by atoms with Crippen LogP contribution < -0.4 is 5.32 Å². The molecule has 0 saturated carbocycles. The van der Waals surface area contributed by atoms with Gasteiger partial charge in [-0.25, -0.2) is 0 Å². The average Bonchev–Trinajstić information content (AvgIpc) is 2.28. The van der Waals surface area contributed by atoms with Crippen molar-refractivity contribution in [2.24, 2.45) is 0 Å². The van der Waals surface area contributed by atoms with Crippen LogP contribution in [0.2, 0.25) is 0 Å². The first kappa shape index (κ1) is 14.0. The third kappa shape index (κ3) is 4.00. The van der Waals surface area contributed by atoms with Gasteiger partial charge in [0, 0.05) is 12.6 Å². The van der Waals surface area contributed by atoms with Gasteiger partial charge in [0.2, 0.25) is 5.91 Å². The molecule has 1 amide bonds. The number of hydrogen-bond donors (Lipinski definition) is 2. The number of nitrogens with zero attached hydrogens (tertiary/aromatic N) is 1. The molecule has 0 aromatic carbocycles. The maximum absolute atomic E-state index is 11.8. The van der Waals surface area contributed by atoms with E-state index in [2.05, 4.69) is 5.32 Å². The van der Waals surface area contributed by atoms with Crippen LogP contribution in [0.25, 0.3) is 0 Å². The zero-order valence-corrected chi connectivity index (χ0v) is 10.6. The van der Waals surface area contributed by atoms with Crippen LogP contribution in [0.5, 0.6) is 0 Å². The molecule has 1 heterocycles. The van der Waals surface area contributed by atoms with Crippen LogP contribution in [0.3, 0.4) is 0 Å². The van der Waals surface area contributed by atoms with Crippen LogP contribution in [0.4, 0.5) is 0 Å². The minimum Gasteiger partial charge on any atom is -0.481 e. The Bertz CT molecular complexity index is 281. The summed E-state index contributed by atoms with van der Waals surface area (Å²) in [5.74, 6) is -0.796. The fraction of sp³-hybridized carbons (Fsp3) is 0.833. The number of carbonyl (C=O) groups is 2. The molecule has 2 atom stereocenters. The van der Waals surface area contributed by atoms with Crippen LogP contribution in [0, 0.1) is 0 Å². The minimum absolute atomic E-state index is 0.00106. The Kier molecular flexibility index (Phi) is 5.41. The molecule has 2 unspecified atom stereocenters. The van der Waals surface area contributed by atoms with Gasteiger partial charge >= 0.3 is 5.97 Å². The number of carbonyl (C=O) groups excluding carboxylic acids is 1. The quantitative estimate of drug-likeness (QED) is 0.749. The molecule has 1 rings (SSSR count). The first-order valence-electron chi connectivity index (χ1n) is 6.31. The molecular formula is C12H22N2O3. The number of hydrogen-bond acceptors (Lipinski definition) is 3. The summed E-state index contributed by atoms with van der Waals surface area (Å²) in [6, 6.07) is -0.238. The Hall–Kier alpha value is -1.10. The van der Waals surface area contributed by atoms with Gasteiger partial charge in [0.1, 0.15) is 0 Å². The van der Waals surface area contributed by atoms with E-state index in [4.69, 9.17) is 5.11 Å². The number of carboxylic acid groups (broad SMARTS) is 1. The van der Waals surface area contributed by atoms with E-state index in [0.29, 0.717) is 6.54 Å². The van der Waals surface area contributed by atoms with Crippen molar-refractivity contribution in [1.29, 1.82) is 0 Å². The van der Waals surface area contributed by atoms with Crippen molar-refractivity contribution >= 4 is 11.9 Å². The zero-order chi connectivity index (χ0) is 12.8. The Morgan fingerprint density at radius 2 is 2.18 bits per heavy atom. The van der Waals surface area contributed by atoms with Crippen molar-refractivity contribution in [3.63, 3.8) is 0 Å². The summed E-state index contributed by atoms with van der Waals surface area (Å²) < 4.78 is 0. The number of carboxylic acids is 1. The van der Waals surface area contributed by atoms with Gasteiger partial charge in [-0.05, 0) is 33.2 Å². The predicted octanol–water partition coefficient (Wildman–Crippen LogP) is 0.840. The van der Waals surface area contributed by atoms with Gasteiger partial charge < -0.3 is 10.4 Å². The second kappa shape index (κ2) is 6.59. The van der Waals surface area contributed by atoms with E-state index in [1.165, 1.54) is 0 Å². The number of likely N-dealkylation sites (N-methyl/N-ethyl adjacent to an activating group) is 1. The normalized spacial score (nSPS) is 23.1. The Balaban J connectivity index is 2.63. The Labute approximate surface area is 102 Å². The smallest absolute Gasteiger partial charge is 0.304 e. The molecule has 0 radical (unpaired) electrons. The van der Waals surface area contributed by atoms with Crippen LogP contribution in [-0.4, -0.2) is 47.1 Å².